The molecule has 4 aliphatic rings. The molecule has 2 amide bonds. The van der Waals surface area contributed by atoms with Crippen molar-refractivity contribution in [3.8, 4) is 5.75 Å². The van der Waals surface area contributed by atoms with E-state index in [1.807, 2.05) is 18.2 Å². The third kappa shape index (κ3) is 4.21. The lowest BCUT2D eigenvalue weighted by Gasteiger charge is -2.35. The van der Waals surface area contributed by atoms with Crippen molar-refractivity contribution >= 4 is 11.8 Å². The van der Waals surface area contributed by atoms with Crippen LogP contribution in [-0.2, 0) is 16.1 Å². The van der Waals surface area contributed by atoms with E-state index in [-0.39, 0.29) is 17.9 Å². The Morgan fingerprint density at radius 3 is 2.81 bits per heavy atom. The predicted octanol–water partition coefficient (Wildman–Crippen LogP) is 2.36. The zero-order valence-electron chi connectivity index (χ0n) is 17.9. The Hall–Kier alpha value is -2.38. The summed E-state index contributed by atoms with van der Waals surface area (Å²) in [6.45, 7) is 6.96. The van der Waals surface area contributed by atoms with Gasteiger partial charge in [0.2, 0.25) is 5.91 Å². The van der Waals surface area contributed by atoms with E-state index in [1.54, 1.807) is 4.90 Å². The first-order valence-corrected chi connectivity index (χ1v) is 11.5. The van der Waals surface area contributed by atoms with Gasteiger partial charge < -0.3 is 25.0 Å². The maximum absolute atomic E-state index is 12.9. The molecule has 0 radical (unpaired) electrons. The van der Waals surface area contributed by atoms with Crippen molar-refractivity contribution in [1.82, 2.24) is 15.5 Å². The minimum Gasteiger partial charge on any atom is -0.489 e. The smallest absolute Gasteiger partial charge is 0.255 e. The van der Waals surface area contributed by atoms with Crippen molar-refractivity contribution < 1.29 is 19.1 Å². The highest BCUT2D eigenvalue weighted by Gasteiger charge is 2.38. The molecule has 7 heteroatoms. The summed E-state index contributed by atoms with van der Waals surface area (Å²) < 4.78 is 11.7. The highest BCUT2D eigenvalue weighted by Crippen LogP contribution is 2.32. The summed E-state index contributed by atoms with van der Waals surface area (Å²) in [5.74, 6) is 1.21. The van der Waals surface area contributed by atoms with E-state index in [0.29, 0.717) is 36.9 Å². The number of rotatable bonds is 6. The van der Waals surface area contributed by atoms with Crippen LogP contribution in [0.25, 0.3) is 0 Å². The number of benzene rings is 1. The van der Waals surface area contributed by atoms with E-state index >= 15 is 0 Å². The molecule has 3 heterocycles. The van der Waals surface area contributed by atoms with Gasteiger partial charge in [0.25, 0.3) is 5.91 Å². The third-order valence-electron chi connectivity index (χ3n) is 6.97. The number of nitrogens with zero attached hydrogens (tertiary/aromatic N) is 1. The summed E-state index contributed by atoms with van der Waals surface area (Å²) in [7, 11) is 0. The van der Waals surface area contributed by atoms with E-state index in [0.717, 1.165) is 49.6 Å². The summed E-state index contributed by atoms with van der Waals surface area (Å²) in [6.07, 6.45) is 6.01. The van der Waals surface area contributed by atoms with Crippen molar-refractivity contribution in [3.05, 3.63) is 41.6 Å². The van der Waals surface area contributed by atoms with Gasteiger partial charge in [-0.15, -0.1) is 0 Å². The van der Waals surface area contributed by atoms with Gasteiger partial charge in [0.1, 0.15) is 17.9 Å². The Bertz CT molecular complexity index is 882. The van der Waals surface area contributed by atoms with Gasteiger partial charge in [0, 0.05) is 36.3 Å². The average molecular weight is 426 g/mol. The first-order valence-electron chi connectivity index (χ1n) is 11.5. The van der Waals surface area contributed by atoms with Gasteiger partial charge in [-0.2, -0.15) is 0 Å². The standard InChI is InChI=1S/C24H31N3O4/c1-15-6-9-21(23(28)26-15)27-12-17-10-18(7-8-19(17)24(27)29)31-22-5-3-2-4-20(22)25-11-16-13-30-14-16/h7-8,10,16,20-22,25H,1-6,9,11-14H2,(H,26,28)/t20-,21?,22+/m0/s1. The number of nitrogens with one attached hydrogen (secondary N) is 2. The lowest BCUT2D eigenvalue weighted by atomic mass is 9.91. The van der Waals surface area contributed by atoms with E-state index < -0.39 is 6.04 Å². The highest BCUT2D eigenvalue weighted by molar-refractivity contribution is 6.01. The van der Waals surface area contributed by atoms with Crippen LogP contribution in [0.2, 0.25) is 0 Å². The van der Waals surface area contributed by atoms with E-state index in [2.05, 4.69) is 17.2 Å². The quantitative estimate of drug-likeness (QED) is 0.732. The minimum atomic E-state index is -0.433. The second kappa shape index (κ2) is 8.63. The molecule has 0 bridgehead atoms. The van der Waals surface area contributed by atoms with Crippen molar-refractivity contribution in [2.45, 2.75) is 63.3 Å². The molecule has 3 atom stereocenters. The highest BCUT2D eigenvalue weighted by atomic mass is 16.5. The van der Waals surface area contributed by atoms with Crippen LogP contribution in [0.1, 0.15) is 54.4 Å². The first-order chi connectivity index (χ1) is 15.1. The second-order valence-corrected chi connectivity index (χ2v) is 9.26. The molecule has 31 heavy (non-hydrogen) atoms. The monoisotopic (exact) mass is 425 g/mol. The van der Waals surface area contributed by atoms with Crippen LogP contribution < -0.4 is 15.4 Å². The Morgan fingerprint density at radius 1 is 1.19 bits per heavy atom. The summed E-state index contributed by atoms with van der Waals surface area (Å²) in [4.78, 5) is 27.0. The molecule has 0 spiro atoms. The minimum absolute atomic E-state index is 0.0749. The Morgan fingerprint density at radius 2 is 2.03 bits per heavy atom. The molecular formula is C24H31N3O4. The second-order valence-electron chi connectivity index (χ2n) is 9.26. The number of ether oxygens (including phenoxy) is 2. The number of fused-ring (bicyclic) bond motifs is 1. The molecular weight excluding hydrogens is 394 g/mol. The van der Waals surface area contributed by atoms with Gasteiger partial charge in [-0.05, 0) is 55.9 Å². The normalized spacial score (nSPS) is 28.8. The number of carbonyl (C=O) groups is 2. The van der Waals surface area contributed by atoms with Crippen LogP contribution in [0.3, 0.4) is 0 Å². The fourth-order valence-corrected chi connectivity index (χ4v) is 5.07. The fraction of sp³-hybridized carbons (Fsp3) is 0.583. The van der Waals surface area contributed by atoms with Crippen molar-refractivity contribution in [3.63, 3.8) is 0 Å². The number of amides is 2. The predicted molar refractivity (Wildman–Crippen MR) is 116 cm³/mol. The van der Waals surface area contributed by atoms with Gasteiger partial charge in [0.05, 0.1) is 13.2 Å². The molecule has 1 aliphatic carbocycles. The number of carbonyl (C=O) groups excluding carboxylic acids is 2. The molecule has 3 fully saturated rings. The molecule has 2 saturated heterocycles. The summed E-state index contributed by atoms with van der Waals surface area (Å²) >= 11 is 0. The van der Waals surface area contributed by atoms with Crippen LogP contribution in [0.4, 0.5) is 0 Å². The Kier molecular flexibility index (Phi) is 5.71. The summed E-state index contributed by atoms with van der Waals surface area (Å²) in [5, 5.41) is 6.48. The van der Waals surface area contributed by atoms with Crippen LogP contribution in [0.5, 0.6) is 5.75 Å². The Labute approximate surface area is 183 Å². The Balaban J connectivity index is 1.25. The van der Waals surface area contributed by atoms with Crippen LogP contribution in [0, 0.1) is 5.92 Å². The summed E-state index contributed by atoms with van der Waals surface area (Å²) in [5.41, 5.74) is 2.33. The molecule has 7 nitrogen and oxygen atoms in total. The van der Waals surface area contributed by atoms with Crippen LogP contribution >= 0.6 is 0 Å². The lowest BCUT2D eigenvalue weighted by Crippen LogP contribution is -2.49. The molecule has 5 rings (SSSR count). The maximum atomic E-state index is 12.9. The third-order valence-corrected chi connectivity index (χ3v) is 6.97. The topological polar surface area (TPSA) is 79.9 Å². The fourth-order valence-electron chi connectivity index (χ4n) is 5.07. The van der Waals surface area contributed by atoms with Gasteiger partial charge >= 0.3 is 0 Å². The number of hydrogen-bond acceptors (Lipinski definition) is 5. The SMILES string of the molecule is C=C1CCC(N2Cc3cc(O[C@@H]4CCCC[C@@H]4NCC4COC4)ccc3C2=O)C(=O)N1. The number of piperidine rings is 1. The van der Waals surface area contributed by atoms with Crippen LogP contribution in [-0.4, -0.2) is 54.7 Å². The molecule has 1 aromatic carbocycles. The van der Waals surface area contributed by atoms with E-state index in [9.17, 15) is 9.59 Å². The maximum Gasteiger partial charge on any atom is 0.255 e. The zero-order chi connectivity index (χ0) is 21.4. The lowest BCUT2D eigenvalue weighted by molar-refractivity contribution is -0.126. The van der Waals surface area contributed by atoms with E-state index in [4.69, 9.17) is 9.47 Å². The van der Waals surface area contributed by atoms with Gasteiger partial charge in [0.15, 0.2) is 0 Å². The summed E-state index contributed by atoms with van der Waals surface area (Å²) in [6, 6.07) is 5.65. The molecule has 2 N–H and O–H groups in total. The number of hydrogen-bond donors (Lipinski definition) is 2. The average Bonchev–Trinajstić information content (AvgIpc) is 3.04. The van der Waals surface area contributed by atoms with Crippen molar-refractivity contribution in [2.75, 3.05) is 19.8 Å². The van der Waals surface area contributed by atoms with Gasteiger partial charge in [-0.3, -0.25) is 9.59 Å². The van der Waals surface area contributed by atoms with Gasteiger partial charge in [-0.25, -0.2) is 0 Å². The largest absolute Gasteiger partial charge is 0.489 e. The first kappa shape index (κ1) is 20.5. The van der Waals surface area contributed by atoms with Crippen molar-refractivity contribution in [1.29, 1.82) is 0 Å². The van der Waals surface area contributed by atoms with Gasteiger partial charge in [-0.1, -0.05) is 13.0 Å². The molecule has 1 unspecified atom stereocenters. The molecule has 0 aromatic heterocycles. The van der Waals surface area contributed by atoms with Crippen LogP contribution in [0.15, 0.2) is 30.5 Å². The molecule has 166 valence electrons. The molecule has 1 saturated carbocycles. The zero-order valence-corrected chi connectivity index (χ0v) is 17.9. The number of allylic oxidation sites excluding steroid dienone is 1. The van der Waals surface area contributed by atoms with E-state index in [1.165, 1.54) is 12.8 Å². The molecule has 3 aliphatic heterocycles. The van der Waals surface area contributed by atoms with Crippen molar-refractivity contribution in [2.24, 2.45) is 5.92 Å². The molecule has 1 aromatic rings.